The van der Waals surface area contributed by atoms with E-state index >= 15 is 0 Å². The number of aliphatic hydroxyl groups is 2. The summed E-state index contributed by atoms with van der Waals surface area (Å²) in [7, 11) is 0. The molecule has 0 radical (unpaired) electrons. The van der Waals surface area contributed by atoms with Crippen LogP contribution in [0, 0.1) is 17.7 Å². The second-order valence-corrected chi connectivity index (χ2v) is 8.10. The number of β-amino-alcohol motifs (C(OH)–C–C–N with tert-alkyl or cyclic N) is 1. The molecule has 26 heavy (non-hydrogen) atoms. The van der Waals surface area contributed by atoms with Gasteiger partial charge in [-0.3, -0.25) is 4.90 Å². The summed E-state index contributed by atoms with van der Waals surface area (Å²) in [6.07, 6.45) is 1.78. The Morgan fingerprint density at radius 2 is 1.62 bits per heavy atom. The lowest BCUT2D eigenvalue weighted by Crippen LogP contribution is -2.33. The van der Waals surface area contributed by atoms with Crippen LogP contribution in [0.25, 0.3) is 0 Å². The van der Waals surface area contributed by atoms with Crippen LogP contribution in [0.4, 0.5) is 4.39 Å². The summed E-state index contributed by atoms with van der Waals surface area (Å²) in [5.74, 6) is 0.697. The molecule has 4 heteroatoms. The molecule has 0 bridgehead atoms. The predicted molar refractivity (Wildman–Crippen MR) is 99.1 cm³/mol. The van der Waals surface area contributed by atoms with Crippen LogP contribution in [0.15, 0.2) is 54.6 Å². The van der Waals surface area contributed by atoms with Crippen molar-refractivity contribution in [1.29, 1.82) is 0 Å². The van der Waals surface area contributed by atoms with Crippen molar-refractivity contribution in [3.8, 4) is 0 Å². The first-order valence-electron chi connectivity index (χ1n) is 9.43. The van der Waals surface area contributed by atoms with E-state index in [4.69, 9.17) is 0 Å². The van der Waals surface area contributed by atoms with Gasteiger partial charge in [-0.05, 0) is 47.9 Å². The van der Waals surface area contributed by atoms with E-state index in [1.165, 1.54) is 17.7 Å². The number of likely N-dealkylation sites (tertiary alicyclic amines) is 1. The van der Waals surface area contributed by atoms with E-state index in [2.05, 4.69) is 17.0 Å². The summed E-state index contributed by atoms with van der Waals surface area (Å²) in [6.45, 7) is 2.40. The molecular weight excluding hydrogens is 329 g/mol. The van der Waals surface area contributed by atoms with E-state index in [1.807, 2.05) is 18.2 Å². The molecule has 138 valence electrons. The van der Waals surface area contributed by atoms with E-state index in [-0.39, 0.29) is 5.82 Å². The third-order valence-electron chi connectivity index (χ3n) is 6.00. The molecule has 0 amide bonds. The molecule has 1 aliphatic heterocycles. The average molecular weight is 355 g/mol. The van der Waals surface area contributed by atoms with Crippen LogP contribution < -0.4 is 0 Å². The van der Waals surface area contributed by atoms with Crippen molar-refractivity contribution < 1.29 is 14.6 Å². The number of halogens is 1. The van der Waals surface area contributed by atoms with Crippen LogP contribution in [0.3, 0.4) is 0 Å². The van der Waals surface area contributed by atoms with Gasteiger partial charge in [0.1, 0.15) is 5.82 Å². The van der Waals surface area contributed by atoms with Gasteiger partial charge in [-0.1, -0.05) is 42.5 Å². The van der Waals surface area contributed by atoms with E-state index in [0.29, 0.717) is 18.4 Å². The van der Waals surface area contributed by atoms with Crippen LogP contribution >= 0.6 is 0 Å². The topological polar surface area (TPSA) is 43.7 Å². The van der Waals surface area contributed by atoms with Crippen molar-refractivity contribution in [2.45, 2.75) is 31.0 Å². The van der Waals surface area contributed by atoms with Gasteiger partial charge in [-0.2, -0.15) is 0 Å². The second kappa shape index (κ2) is 7.10. The minimum absolute atomic E-state index is 0.283. The molecule has 0 spiro atoms. The number of benzene rings is 2. The molecule has 3 nitrogen and oxygen atoms in total. The van der Waals surface area contributed by atoms with Gasteiger partial charge in [0.2, 0.25) is 0 Å². The van der Waals surface area contributed by atoms with Crippen molar-refractivity contribution >= 4 is 0 Å². The summed E-state index contributed by atoms with van der Waals surface area (Å²) in [4.78, 5) is 2.28. The molecule has 1 heterocycles. The van der Waals surface area contributed by atoms with Gasteiger partial charge >= 0.3 is 0 Å². The fraction of sp³-hybridized carbons (Fsp3) is 0.455. The van der Waals surface area contributed by atoms with E-state index in [0.717, 1.165) is 37.9 Å². The Kier molecular flexibility index (Phi) is 4.82. The summed E-state index contributed by atoms with van der Waals surface area (Å²) in [5, 5.41) is 21.4. The van der Waals surface area contributed by atoms with Gasteiger partial charge in [-0.15, -0.1) is 0 Å². The first-order chi connectivity index (χ1) is 12.5. The highest BCUT2D eigenvalue weighted by Gasteiger charge is 2.48. The molecule has 3 atom stereocenters. The highest BCUT2D eigenvalue weighted by Crippen LogP contribution is 2.45. The zero-order valence-electron chi connectivity index (χ0n) is 14.9. The number of hydrogen-bond acceptors (Lipinski definition) is 3. The standard InChI is InChI=1S/C22H26FNO2/c23-20-8-6-17(7-9-20)21(25)15-24-13-18-11-22(26,12-19(18)14-24)10-16-4-2-1-3-5-16/h1-9,18-19,21,25-26H,10-15H2/t18-,19-,21-/m0/s1. The minimum atomic E-state index is -0.599. The quantitative estimate of drug-likeness (QED) is 0.866. The Labute approximate surface area is 154 Å². The van der Waals surface area contributed by atoms with E-state index < -0.39 is 11.7 Å². The van der Waals surface area contributed by atoms with Gasteiger partial charge in [0, 0.05) is 26.1 Å². The minimum Gasteiger partial charge on any atom is -0.390 e. The molecule has 2 aromatic carbocycles. The first-order valence-corrected chi connectivity index (χ1v) is 9.43. The molecule has 2 fully saturated rings. The number of rotatable bonds is 5. The van der Waals surface area contributed by atoms with Crippen LogP contribution in [-0.2, 0) is 6.42 Å². The van der Waals surface area contributed by atoms with Gasteiger partial charge in [0.05, 0.1) is 11.7 Å². The third kappa shape index (κ3) is 3.83. The average Bonchev–Trinajstić information content (AvgIpc) is 3.10. The Hall–Kier alpha value is -1.75. The molecule has 1 saturated heterocycles. The van der Waals surface area contributed by atoms with Gasteiger partial charge in [-0.25, -0.2) is 4.39 Å². The highest BCUT2D eigenvalue weighted by molar-refractivity contribution is 5.20. The van der Waals surface area contributed by atoms with Crippen molar-refractivity contribution in [2.24, 2.45) is 11.8 Å². The Morgan fingerprint density at radius 3 is 2.23 bits per heavy atom. The summed E-state index contributed by atoms with van der Waals surface area (Å²) >= 11 is 0. The van der Waals surface area contributed by atoms with Gasteiger partial charge in [0.15, 0.2) is 0 Å². The van der Waals surface area contributed by atoms with Gasteiger partial charge < -0.3 is 10.2 Å². The molecule has 2 N–H and O–H groups in total. The fourth-order valence-corrected chi connectivity index (χ4v) is 4.86. The molecule has 1 saturated carbocycles. The number of fused-ring (bicyclic) bond motifs is 1. The molecular formula is C22H26FNO2. The molecule has 4 rings (SSSR count). The maximum atomic E-state index is 13.0. The lowest BCUT2D eigenvalue weighted by molar-refractivity contribution is 0.0328. The lowest BCUT2D eigenvalue weighted by Gasteiger charge is -2.27. The smallest absolute Gasteiger partial charge is 0.123 e. The molecule has 0 unspecified atom stereocenters. The monoisotopic (exact) mass is 355 g/mol. The fourth-order valence-electron chi connectivity index (χ4n) is 4.86. The van der Waals surface area contributed by atoms with Crippen molar-refractivity contribution in [3.05, 3.63) is 71.5 Å². The SMILES string of the molecule is O[C@@H](CN1C[C@@H]2CC(O)(Cc3ccccc3)C[C@H]2C1)c1ccc(F)cc1. The number of nitrogens with zero attached hydrogens (tertiary/aromatic N) is 1. The Bertz CT molecular complexity index is 720. The lowest BCUT2D eigenvalue weighted by atomic mass is 9.91. The van der Waals surface area contributed by atoms with Crippen LogP contribution in [0.2, 0.25) is 0 Å². The first kappa shape index (κ1) is 17.7. The summed E-state index contributed by atoms with van der Waals surface area (Å²) in [6, 6.07) is 16.3. The largest absolute Gasteiger partial charge is 0.390 e. The maximum Gasteiger partial charge on any atom is 0.123 e. The zero-order valence-corrected chi connectivity index (χ0v) is 14.9. The predicted octanol–water partition coefficient (Wildman–Crippen LogP) is 3.17. The van der Waals surface area contributed by atoms with E-state index in [1.54, 1.807) is 12.1 Å². The van der Waals surface area contributed by atoms with Crippen LogP contribution in [0.1, 0.15) is 30.1 Å². The number of aliphatic hydroxyl groups excluding tert-OH is 1. The summed E-state index contributed by atoms with van der Waals surface area (Å²) in [5.41, 5.74) is 1.35. The molecule has 1 aliphatic carbocycles. The van der Waals surface area contributed by atoms with Crippen molar-refractivity contribution in [2.75, 3.05) is 19.6 Å². The highest BCUT2D eigenvalue weighted by atomic mass is 19.1. The normalized spacial score (nSPS) is 26.0. The second-order valence-electron chi connectivity index (χ2n) is 8.10. The van der Waals surface area contributed by atoms with Crippen molar-refractivity contribution in [1.82, 2.24) is 4.90 Å². The molecule has 0 aromatic heterocycles. The van der Waals surface area contributed by atoms with Gasteiger partial charge in [0.25, 0.3) is 0 Å². The third-order valence-corrected chi connectivity index (χ3v) is 6.00. The summed E-state index contributed by atoms with van der Waals surface area (Å²) < 4.78 is 13.0. The maximum absolute atomic E-state index is 13.0. The van der Waals surface area contributed by atoms with E-state index in [9.17, 15) is 14.6 Å². The van der Waals surface area contributed by atoms with Crippen molar-refractivity contribution in [3.63, 3.8) is 0 Å². The molecule has 2 aliphatic rings. The number of hydrogen-bond donors (Lipinski definition) is 2. The molecule has 2 aromatic rings. The van der Waals surface area contributed by atoms with Crippen LogP contribution in [-0.4, -0.2) is 40.3 Å². The van der Waals surface area contributed by atoms with Crippen LogP contribution in [0.5, 0.6) is 0 Å². The Balaban J connectivity index is 1.32. The zero-order chi connectivity index (χ0) is 18.1. The Morgan fingerprint density at radius 1 is 1.00 bits per heavy atom.